The van der Waals surface area contributed by atoms with E-state index in [1.165, 1.54) is 48.8 Å². The Labute approximate surface area is 160 Å². The van der Waals surface area contributed by atoms with Crippen molar-refractivity contribution in [1.82, 2.24) is 10.3 Å². The third-order valence-electron chi connectivity index (χ3n) is 3.77. The van der Waals surface area contributed by atoms with Crippen molar-refractivity contribution in [2.75, 3.05) is 4.72 Å². The Kier molecular flexibility index (Phi) is 5.65. The van der Waals surface area contributed by atoms with Crippen molar-refractivity contribution in [1.29, 1.82) is 0 Å². The van der Waals surface area contributed by atoms with Gasteiger partial charge in [-0.1, -0.05) is 18.2 Å². The molecule has 9 heteroatoms. The largest absolute Gasteiger partial charge is 0.348 e. The number of nitrogens with one attached hydrogen (secondary N) is 2. The van der Waals surface area contributed by atoms with Crippen LogP contribution < -0.4 is 10.0 Å². The summed E-state index contributed by atoms with van der Waals surface area (Å²) in [5.74, 6) is -2.69. The van der Waals surface area contributed by atoms with E-state index in [-0.39, 0.29) is 22.7 Å². The predicted molar refractivity (Wildman–Crippen MR) is 99.0 cm³/mol. The molecule has 0 aliphatic heterocycles. The number of amides is 1. The number of pyridine rings is 1. The summed E-state index contributed by atoms with van der Waals surface area (Å²) >= 11 is 0. The molecule has 3 rings (SSSR count). The van der Waals surface area contributed by atoms with Crippen LogP contribution in [-0.4, -0.2) is 19.3 Å². The molecule has 0 aliphatic carbocycles. The maximum Gasteiger partial charge on any atom is 0.262 e. The summed E-state index contributed by atoms with van der Waals surface area (Å²) in [6.07, 6.45) is 2.83. The highest BCUT2D eigenvalue weighted by Crippen LogP contribution is 2.19. The van der Waals surface area contributed by atoms with Crippen molar-refractivity contribution < 1.29 is 22.0 Å². The highest BCUT2D eigenvalue weighted by molar-refractivity contribution is 7.92. The summed E-state index contributed by atoms with van der Waals surface area (Å²) in [5, 5.41) is 2.51. The van der Waals surface area contributed by atoms with Crippen molar-refractivity contribution >= 4 is 21.6 Å². The third kappa shape index (κ3) is 4.49. The molecule has 3 aromatic rings. The molecule has 0 unspecified atom stereocenters. The number of sulfonamides is 1. The number of hydrogen-bond acceptors (Lipinski definition) is 4. The van der Waals surface area contributed by atoms with Crippen LogP contribution in [0, 0.1) is 11.6 Å². The maximum absolute atomic E-state index is 13.3. The molecule has 2 aromatic carbocycles. The minimum absolute atomic E-state index is 0.0820. The van der Waals surface area contributed by atoms with Crippen LogP contribution in [0.3, 0.4) is 0 Å². The Bertz CT molecular complexity index is 1110. The van der Waals surface area contributed by atoms with Gasteiger partial charge in [-0.25, -0.2) is 17.2 Å². The number of carbonyl (C=O) groups is 1. The summed E-state index contributed by atoms with van der Waals surface area (Å²) in [6, 6.07) is 12.0. The Morgan fingerprint density at radius 2 is 1.79 bits per heavy atom. The van der Waals surface area contributed by atoms with Crippen LogP contribution in [-0.2, 0) is 16.6 Å². The molecule has 1 amide bonds. The molecule has 0 saturated carbocycles. The molecule has 28 heavy (non-hydrogen) atoms. The monoisotopic (exact) mass is 403 g/mol. The molecular weight excluding hydrogens is 388 g/mol. The van der Waals surface area contributed by atoms with E-state index in [0.29, 0.717) is 5.56 Å². The van der Waals surface area contributed by atoms with Crippen molar-refractivity contribution in [3.8, 4) is 0 Å². The number of nitrogens with zero attached hydrogens (tertiary/aromatic N) is 1. The summed E-state index contributed by atoms with van der Waals surface area (Å²) < 4.78 is 54.0. The standard InChI is InChI=1S/C19H15F2N3O3S/c20-16-8-7-13(10-17(16)21)11-23-19(25)15-5-1-2-6-18(15)28(26,27)24-14-4-3-9-22-12-14/h1-10,12,24H,11H2,(H,23,25). The fourth-order valence-electron chi connectivity index (χ4n) is 2.45. The number of rotatable bonds is 6. The van der Waals surface area contributed by atoms with Crippen LogP contribution in [0.25, 0.3) is 0 Å². The first-order chi connectivity index (χ1) is 13.4. The highest BCUT2D eigenvalue weighted by atomic mass is 32.2. The molecule has 0 radical (unpaired) electrons. The lowest BCUT2D eigenvalue weighted by molar-refractivity contribution is 0.0947. The number of carbonyl (C=O) groups excluding carboxylic acids is 1. The van der Waals surface area contributed by atoms with Gasteiger partial charge >= 0.3 is 0 Å². The second kappa shape index (κ2) is 8.13. The smallest absolute Gasteiger partial charge is 0.262 e. The molecule has 0 bridgehead atoms. The Balaban J connectivity index is 1.80. The van der Waals surface area contributed by atoms with E-state index in [1.807, 2.05) is 0 Å². The van der Waals surface area contributed by atoms with Gasteiger partial charge in [0.25, 0.3) is 15.9 Å². The minimum atomic E-state index is -4.04. The third-order valence-corrected chi connectivity index (χ3v) is 5.21. The van der Waals surface area contributed by atoms with Crippen molar-refractivity contribution in [3.63, 3.8) is 0 Å². The zero-order valence-corrected chi connectivity index (χ0v) is 15.2. The summed E-state index contributed by atoms with van der Waals surface area (Å²) in [4.78, 5) is 16.1. The Morgan fingerprint density at radius 3 is 2.50 bits per heavy atom. The van der Waals surface area contributed by atoms with Crippen LogP contribution >= 0.6 is 0 Å². The summed E-state index contributed by atoms with van der Waals surface area (Å²) in [7, 11) is -4.04. The molecular formula is C19H15F2N3O3S. The van der Waals surface area contributed by atoms with Crippen LogP contribution in [0.15, 0.2) is 71.9 Å². The van der Waals surface area contributed by atoms with Crippen molar-refractivity contribution in [2.45, 2.75) is 11.4 Å². The molecule has 6 nitrogen and oxygen atoms in total. The number of hydrogen-bond donors (Lipinski definition) is 2. The topological polar surface area (TPSA) is 88.2 Å². The van der Waals surface area contributed by atoms with Crippen LogP contribution in [0.2, 0.25) is 0 Å². The fraction of sp³-hybridized carbons (Fsp3) is 0.0526. The number of aromatic nitrogens is 1. The molecule has 2 N–H and O–H groups in total. The molecule has 144 valence electrons. The summed E-state index contributed by atoms with van der Waals surface area (Å²) in [6.45, 7) is -0.0968. The zero-order chi connectivity index (χ0) is 20.1. The van der Waals surface area contributed by atoms with E-state index >= 15 is 0 Å². The van der Waals surface area contributed by atoms with E-state index < -0.39 is 27.6 Å². The fourth-order valence-corrected chi connectivity index (χ4v) is 3.70. The van der Waals surface area contributed by atoms with Gasteiger partial charge in [-0.2, -0.15) is 0 Å². The molecule has 0 saturated heterocycles. The van der Waals surface area contributed by atoms with Crippen LogP contribution in [0.4, 0.5) is 14.5 Å². The van der Waals surface area contributed by atoms with E-state index in [2.05, 4.69) is 15.0 Å². The predicted octanol–water partition coefficient (Wildman–Crippen LogP) is 3.09. The van der Waals surface area contributed by atoms with Gasteiger partial charge in [-0.05, 0) is 42.0 Å². The first kappa shape index (κ1) is 19.4. The molecule has 0 aliphatic rings. The van der Waals surface area contributed by atoms with Gasteiger partial charge in [-0.3, -0.25) is 14.5 Å². The number of anilines is 1. The van der Waals surface area contributed by atoms with Gasteiger partial charge in [0.05, 0.1) is 17.4 Å². The van der Waals surface area contributed by atoms with E-state index in [4.69, 9.17) is 0 Å². The van der Waals surface area contributed by atoms with E-state index in [9.17, 15) is 22.0 Å². The normalized spacial score (nSPS) is 11.1. The van der Waals surface area contributed by atoms with Gasteiger partial charge in [0.1, 0.15) is 4.90 Å². The lowest BCUT2D eigenvalue weighted by Crippen LogP contribution is -2.26. The minimum Gasteiger partial charge on any atom is -0.348 e. The maximum atomic E-state index is 13.3. The average molecular weight is 403 g/mol. The number of benzene rings is 2. The van der Waals surface area contributed by atoms with Gasteiger partial charge < -0.3 is 5.32 Å². The van der Waals surface area contributed by atoms with Gasteiger partial charge in [0, 0.05) is 12.7 Å². The van der Waals surface area contributed by atoms with Crippen molar-refractivity contribution in [3.05, 3.63) is 89.8 Å². The van der Waals surface area contributed by atoms with Crippen molar-refractivity contribution in [2.24, 2.45) is 0 Å². The molecule has 1 aromatic heterocycles. The van der Waals surface area contributed by atoms with E-state index in [1.54, 1.807) is 6.07 Å². The van der Waals surface area contributed by atoms with Crippen LogP contribution in [0.5, 0.6) is 0 Å². The van der Waals surface area contributed by atoms with Gasteiger partial charge in [0.15, 0.2) is 11.6 Å². The molecule has 0 atom stereocenters. The Morgan fingerprint density at radius 1 is 1.00 bits per heavy atom. The van der Waals surface area contributed by atoms with Gasteiger partial charge in [0.2, 0.25) is 0 Å². The first-order valence-electron chi connectivity index (χ1n) is 8.11. The molecule has 1 heterocycles. The quantitative estimate of drug-likeness (QED) is 0.662. The van der Waals surface area contributed by atoms with E-state index in [0.717, 1.165) is 12.1 Å². The molecule has 0 fully saturated rings. The SMILES string of the molecule is O=C(NCc1ccc(F)c(F)c1)c1ccccc1S(=O)(=O)Nc1cccnc1. The lowest BCUT2D eigenvalue weighted by Gasteiger charge is -2.12. The second-order valence-corrected chi connectivity index (χ2v) is 7.43. The Hall–Kier alpha value is -3.33. The second-order valence-electron chi connectivity index (χ2n) is 5.77. The average Bonchev–Trinajstić information content (AvgIpc) is 2.69. The zero-order valence-electron chi connectivity index (χ0n) is 14.4. The lowest BCUT2D eigenvalue weighted by atomic mass is 10.2. The highest BCUT2D eigenvalue weighted by Gasteiger charge is 2.22. The van der Waals surface area contributed by atoms with Gasteiger partial charge in [-0.15, -0.1) is 0 Å². The number of halogens is 2. The first-order valence-corrected chi connectivity index (χ1v) is 9.59. The molecule has 0 spiro atoms. The van der Waals surface area contributed by atoms with Crippen LogP contribution in [0.1, 0.15) is 15.9 Å². The summed E-state index contributed by atoms with van der Waals surface area (Å²) in [5.41, 5.74) is 0.502.